The van der Waals surface area contributed by atoms with E-state index in [2.05, 4.69) is 0 Å². The van der Waals surface area contributed by atoms with E-state index in [1.165, 1.54) is 26.2 Å². The first-order valence-electron chi connectivity index (χ1n) is 12.0. The molecule has 0 amide bonds. The van der Waals surface area contributed by atoms with Gasteiger partial charge in [0.05, 0.1) is 36.0 Å². The third kappa shape index (κ3) is 3.61. The molecule has 36 heavy (non-hydrogen) atoms. The minimum Gasteiger partial charge on any atom is -0.507 e. The maximum atomic E-state index is 13.6. The largest absolute Gasteiger partial charge is 0.507 e. The molecule has 4 atom stereocenters. The van der Waals surface area contributed by atoms with Crippen LogP contribution in [0.25, 0.3) is 0 Å². The zero-order valence-corrected chi connectivity index (χ0v) is 20.3. The van der Waals surface area contributed by atoms with E-state index in [9.17, 15) is 29.7 Å². The van der Waals surface area contributed by atoms with Crippen LogP contribution in [0.15, 0.2) is 18.2 Å². The molecule has 2 aromatic rings. The molecule has 0 saturated carbocycles. The summed E-state index contributed by atoms with van der Waals surface area (Å²) in [5.41, 5.74) is -2.55. The summed E-state index contributed by atoms with van der Waals surface area (Å²) in [5, 5.41) is 33.9. The van der Waals surface area contributed by atoms with Gasteiger partial charge in [-0.1, -0.05) is 12.1 Å². The Kier molecular flexibility index (Phi) is 5.89. The highest BCUT2D eigenvalue weighted by molar-refractivity contribution is 6.31. The van der Waals surface area contributed by atoms with E-state index < -0.39 is 46.8 Å². The Balaban J connectivity index is 1.71. The molecule has 0 radical (unpaired) electrons. The predicted octanol–water partition coefficient (Wildman–Crippen LogP) is 3.12. The third-order valence-electron chi connectivity index (χ3n) is 7.48. The number of rotatable bonds is 4. The fraction of sp³-hybridized carbons (Fsp3) is 0.444. The fourth-order valence-electron chi connectivity index (χ4n) is 5.55. The van der Waals surface area contributed by atoms with E-state index >= 15 is 0 Å². The first-order chi connectivity index (χ1) is 17.1. The highest BCUT2D eigenvalue weighted by Crippen LogP contribution is 2.52. The van der Waals surface area contributed by atoms with Crippen molar-refractivity contribution in [3.8, 4) is 17.2 Å². The molecule has 0 aromatic heterocycles. The van der Waals surface area contributed by atoms with Crippen LogP contribution in [-0.2, 0) is 20.7 Å². The van der Waals surface area contributed by atoms with Crippen LogP contribution in [0.1, 0.15) is 88.6 Å². The minimum atomic E-state index is -1.90. The fourth-order valence-corrected chi connectivity index (χ4v) is 5.55. The van der Waals surface area contributed by atoms with Crippen molar-refractivity contribution in [1.82, 2.24) is 0 Å². The minimum absolute atomic E-state index is 0.00319. The first kappa shape index (κ1) is 24.4. The summed E-state index contributed by atoms with van der Waals surface area (Å²) >= 11 is 0. The van der Waals surface area contributed by atoms with E-state index in [4.69, 9.17) is 14.2 Å². The summed E-state index contributed by atoms with van der Waals surface area (Å²) in [5.74, 6) is -2.82. The summed E-state index contributed by atoms with van der Waals surface area (Å²) in [7, 11) is 1.37. The molecule has 1 aliphatic heterocycles. The average molecular weight is 497 g/mol. The van der Waals surface area contributed by atoms with Crippen LogP contribution in [0.2, 0.25) is 0 Å². The van der Waals surface area contributed by atoms with Gasteiger partial charge in [-0.15, -0.1) is 0 Å². The number of ether oxygens (including phenoxy) is 3. The molecule has 1 saturated heterocycles. The van der Waals surface area contributed by atoms with Crippen molar-refractivity contribution < 1.29 is 43.9 Å². The van der Waals surface area contributed by atoms with E-state index in [1.54, 1.807) is 6.07 Å². The monoisotopic (exact) mass is 496 g/mol. The van der Waals surface area contributed by atoms with Crippen molar-refractivity contribution in [2.75, 3.05) is 7.11 Å². The lowest BCUT2D eigenvalue weighted by Crippen LogP contribution is -2.45. The second kappa shape index (κ2) is 8.69. The van der Waals surface area contributed by atoms with E-state index in [0.29, 0.717) is 6.42 Å². The first-order valence-corrected chi connectivity index (χ1v) is 12.0. The van der Waals surface area contributed by atoms with Gasteiger partial charge < -0.3 is 29.5 Å². The normalized spacial score (nSPS) is 27.2. The van der Waals surface area contributed by atoms with Gasteiger partial charge in [-0.2, -0.15) is 0 Å². The van der Waals surface area contributed by atoms with Gasteiger partial charge in [0.2, 0.25) is 5.78 Å². The molecule has 3 aliphatic rings. The van der Waals surface area contributed by atoms with Crippen LogP contribution in [0.4, 0.5) is 0 Å². The van der Waals surface area contributed by atoms with E-state index in [1.807, 2.05) is 6.92 Å². The van der Waals surface area contributed by atoms with Gasteiger partial charge >= 0.3 is 0 Å². The van der Waals surface area contributed by atoms with Crippen molar-refractivity contribution in [2.45, 2.75) is 70.1 Å². The summed E-state index contributed by atoms with van der Waals surface area (Å²) in [6, 6.07) is 4.52. The number of hydrogen-bond donors (Lipinski definition) is 3. The zero-order chi connectivity index (χ0) is 25.9. The van der Waals surface area contributed by atoms with Crippen LogP contribution >= 0.6 is 0 Å². The molecule has 1 fully saturated rings. The number of carbonyl (C=O) groups is 3. The number of aromatic hydroxyl groups is 2. The molecule has 2 aliphatic carbocycles. The molecular weight excluding hydrogens is 468 g/mol. The predicted molar refractivity (Wildman–Crippen MR) is 126 cm³/mol. The summed E-state index contributed by atoms with van der Waals surface area (Å²) in [6.07, 6.45) is -0.104. The van der Waals surface area contributed by atoms with Gasteiger partial charge in [0.25, 0.3) is 0 Å². The zero-order valence-electron chi connectivity index (χ0n) is 20.3. The van der Waals surface area contributed by atoms with Crippen LogP contribution in [0, 0.1) is 0 Å². The lowest BCUT2D eigenvalue weighted by atomic mass is 9.72. The Morgan fingerprint density at radius 3 is 2.47 bits per heavy atom. The molecule has 0 spiro atoms. The van der Waals surface area contributed by atoms with Crippen LogP contribution in [0.5, 0.6) is 17.2 Å². The SMILES string of the molecule is COc1cccc2c1C(=O)c1c(O)c3c(c(O)c1C2=O)C[C@@](O)(C(C)=O)C[C@@H]3O[C@H]1CCC[C@H](C)O1. The van der Waals surface area contributed by atoms with Gasteiger partial charge in [-0.3, -0.25) is 14.4 Å². The Bertz CT molecular complexity index is 1300. The van der Waals surface area contributed by atoms with E-state index in [-0.39, 0.29) is 58.1 Å². The van der Waals surface area contributed by atoms with Gasteiger partial charge in [0, 0.05) is 29.5 Å². The summed E-state index contributed by atoms with van der Waals surface area (Å²) in [6.45, 7) is 3.14. The van der Waals surface area contributed by atoms with Crippen LogP contribution < -0.4 is 4.74 Å². The number of aliphatic hydroxyl groups is 1. The highest BCUT2D eigenvalue weighted by atomic mass is 16.7. The second-order valence-electron chi connectivity index (χ2n) is 9.78. The molecule has 1 heterocycles. The lowest BCUT2D eigenvalue weighted by molar-refractivity contribution is -0.222. The molecule has 5 rings (SSSR count). The van der Waals surface area contributed by atoms with Crippen molar-refractivity contribution in [3.63, 3.8) is 0 Å². The quantitative estimate of drug-likeness (QED) is 0.465. The average Bonchev–Trinajstić information content (AvgIpc) is 2.83. The van der Waals surface area contributed by atoms with Crippen molar-refractivity contribution >= 4 is 17.3 Å². The molecule has 0 bridgehead atoms. The maximum absolute atomic E-state index is 13.6. The number of benzene rings is 2. The molecule has 2 aromatic carbocycles. The number of fused-ring (bicyclic) bond motifs is 3. The van der Waals surface area contributed by atoms with Crippen molar-refractivity contribution in [1.29, 1.82) is 0 Å². The third-order valence-corrected chi connectivity index (χ3v) is 7.48. The number of hydrogen-bond acceptors (Lipinski definition) is 9. The number of methoxy groups -OCH3 is 1. The van der Waals surface area contributed by atoms with Crippen LogP contribution in [-0.4, -0.2) is 57.8 Å². The van der Waals surface area contributed by atoms with Crippen molar-refractivity contribution in [3.05, 3.63) is 51.6 Å². The van der Waals surface area contributed by atoms with Gasteiger partial charge in [0.1, 0.15) is 22.8 Å². The molecule has 9 nitrogen and oxygen atoms in total. The van der Waals surface area contributed by atoms with Gasteiger partial charge in [-0.05, 0) is 39.2 Å². The standard InChI is InChI=1S/C27H28O9/c1-12-6-4-9-18(35-12)36-17-11-27(33,13(2)28)10-15-20(17)26(32)22-21(24(15)30)23(29)14-7-5-8-16(34-3)19(14)25(22)31/h5,7-8,12,17-18,30,32-33H,4,6,9-11H2,1-3H3/t12-,17-,18-,27-/m0/s1. The Labute approximate surface area is 207 Å². The van der Waals surface area contributed by atoms with E-state index in [0.717, 1.165) is 12.8 Å². The van der Waals surface area contributed by atoms with Gasteiger partial charge in [0.15, 0.2) is 17.9 Å². The second-order valence-corrected chi connectivity index (χ2v) is 9.78. The Morgan fingerprint density at radius 2 is 1.81 bits per heavy atom. The van der Waals surface area contributed by atoms with Crippen molar-refractivity contribution in [2.24, 2.45) is 0 Å². The highest BCUT2D eigenvalue weighted by Gasteiger charge is 2.48. The molecular formula is C27H28O9. The maximum Gasteiger partial charge on any atom is 0.202 e. The number of phenolic OH excluding ortho intramolecular Hbond substituents is 2. The van der Waals surface area contributed by atoms with Crippen LogP contribution in [0.3, 0.4) is 0 Å². The number of carbonyl (C=O) groups excluding carboxylic acids is 3. The molecule has 0 unspecified atom stereocenters. The number of phenols is 2. The number of ketones is 3. The Morgan fingerprint density at radius 1 is 1.08 bits per heavy atom. The smallest absolute Gasteiger partial charge is 0.202 e. The summed E-state index contributed by atoms with van der Waals surface area (Å²) in [4.78, 5) is 39.5. The molecule has 3 N–H and O–H groups in total. The lowest BCUT2D eigenvalue weighted by Gasteiger charge is -2.40. The topological polar surface area (TPSA) is 140 Å². The number of Topliss-reactive ketones (excluding diaryl/α,β-unsaturated/α-hetero) is 1. The van der Waals surface area contributed by atoms with Gasteiger partial charge in [-0.25, -0.2) is 0 Å². The molecule has 9 heteroatoms. The Hall–Kier alpha value is -3.27. The summed E-state index contributed by atoms with van der Waals surface area (Å²) < 4.78 is 17.3. The molecule has 190 valence electrons.